The largest absolute Gasteiger partial charge is 0.349 e. The molecule has 2 aromatic carbocycles. The number of benzene rings is 2. The second-order valence-electron chi connectivity index (χ2n) is 7.64. The van der Waals surface area contributed by atoms with Crippen molar-refractivity contribution in [1.29, 1.82) is 0 Å². The maximum atomic E-state index is 12.8. The quantitative estimate of drug-likeness (QED) is 0.680. The number of anilines is 1. The van der Waals surface area contributed by atoms with Gasteiger partial charge in [0.2, 0.25) is 11.9 Å². The molecule has 5 nitrogen and oxygen atoms in total. The zero-order valence-electron chi connectivity index (χ0n) is 16.7. The summed E-state index contributed by atoms with van der Waals surface area (Å²) in [4.78, 5) is 24.4. The van der Waals surface area contributed by atoms with E-state index in [-0.39, 0.29) is 17.9 Å². The molecule has 1 fully saturated rings. The van der Waals surface area contributed by atoms with Crippen molar-refractivity contribution in [2.75, 3.05) is 18.0 Å². The summed E-state index contributed by atoms with van der Waals surface area (Å²) >= 11 is 6.26. The first-order chi connectivity index (χ1) is 14.0. The summed E-state index contributed by atoms with van der Waals surface area (Å²) in [6.45, 7) is 5.54. The van der Waals surface area contributed by atoms with Gasteiger partial charge in [0, 0.05) is 29.4 Å². The van der Waals surface area contributed by atoms with Crippen LogP contribution in [0.15, 0.2) is 48.5 Å². The summed E-state index contributed by atoms with van der Waals surface area (Å²) in [6, 6.07) is 15.6. The molecule has 1 N–H and O–H groups in total. The number of rotatable bonds is 4. The van der Waals surface area contributed by atoms with E-state index in [9.17, 15) is 4.79 Å². The van der Waals surface area contributed by atoms with Crippen LogP contribution in [0.5, 0.6) is 0 Å². The third-order valence-electron chi connectivity index (χ3n) is 5.66. The van der Waals surface area contributed by atoms with Gasteiger partial charge in [-0.1, -0.05) is 48.0 Å². The average molecular weight is 409 g/mol. The van der Waals surface area contributed by atoms with Crippen LogP contribution < -0.4 is 10.2 Å². The zero-order chi connectivity index (χ0) is 20.4. The summed E-state index contributed by atoms with van der Waals surface area (Å²) in [7, 11) is 0. The Kier molecular flexibility index (Phi) is 5.67. The number of nitrogens with one attached hydrogen (secondary N) is 1. The number of fused-ring (bicyclic) bond motifs is 1. The molecule has 1 atom stereocenters. The highest BCUT2D eigenvalue weighted by Gasteiger charge is 2.27. The monoisotopic (exact) mass is 408 g/mol. The van der Waals surface area contributed by atoms with Gasteiger partial charge >= 0.3 is 0 Å². The maximum absolute atomic E-state index is 12.8. The van der Waals surface area contributed by atoms with Crippen molar-refractivity contribution in [3.05, 3.63) is 64.8 Å². The number of nitrogens with zero attached hydrogens (tertiary/aromatic N) is 3. The molecule has 0 bridgehead atoms. The lowest BCUT2D eigenvalue weighted by atomic mass is 9.95. The van der Waals surface area contributed by atoms with E-state index in [1.165, 1.54) is 0 Å². The summed E-state index contributed by atoms with van der Waals surface area (Å²) in [5, 5.41) is 4.88. The van der Waals surface area contributed by atoms with Gasteiger partial charge in [0.25, 0.3) is 0 Å². The molecule has 3 aromatic rings. The normalized spacial score (nSPS) is 16.0. The van der Waals surface area contributed by atoms with Crippen molar-refractivity contribution in [3.8, 4) is 0 Å². The molecule has 0 spiro atoms. The number of piperidine rings is 1. The topological polar surface area (TPSA) is 58.1 Å². The SMILES string of the molecule is Cc1nc(N2CCC(C(=O)N[C@H](C)c3ccccc3Cl)CC2)nc2ccccc12. The first-order valence-electron chi connectivity index (χ1n) is 10.1. The Morgan fingerprint density at radius 2 is 1.79 bits per heavy atom. The minimum atomic E-state index is -0.110. The molecule has 0 unspecified atom stereocenters. The van der Waals surface area contributed by atoms with Crippen molar-refractivity contribution in [2.24, 2.45) is 5.92 Å². The standard InChI is InChI=1S/C23H25ClN4O/c1-15(18-7-3-5-9-20(18)24)25-22(29)17-11-13-28(14-12-17)23-26-16(2)19-8-4-6-10-21(19)27-23/h3-10,15,17H,11-14H2,1-2H3,(H,25,29)/t15-/m1/s1. The van der Waals surface area contributed by atoms with Crippen molar-refractivity contribution >= 4 is 34.4 Å². The minimum Gasteiger partial charge on any atom is -0.349 e. The molecule has 1 aromatic heterocycles. The van der Waals surface area contributed by atoms with Gasteiger partial charge in [-0.3, -0.25) is 4.79 Å². The number of amides is 1. The fraction of sp³-hybridized carbons (Fsp3) is 0.348. The van der Waals surface area contributed by atoms with Crippen LogP contribution >= 0.6 is 11.6 Å². The Morgan fingerprint density at radius 3 is 2.55 bits per heavy atom. The lowest BCUT2D eigenvalue weighted by Crippen LogP contribution is -2.41. The Morgan fingerprint density at radius 1 is 1.10 bits per heavy atom. The van der Waals surface area contributed by atoms with E-state index in [1.54, 1.807) is 0 Å². The smallest absolute Gasteiger partial charge is 0.226 e. The third-order valence-corrected chi connectivity index (χ3v) is 6.01. The third kappa shape index (κ3) is 4.20. The summed E-state index contributed by atoms with van der Waals surface area (Å²) in [5.41, 5.74) is 2.89. The van der Waals surface area contributed by atoms with E-state index < -0.39 is 0 Å². The van der Waals surface area contributed by atoms with Crippen molar-refractivity contribution in [2.45, 2.75) is 32.7 Å². The second kappa shape index (κ2) is 8.37. The van der Waals surface area contributed by atoms with Gasteiger partial charge in [0.05, 0.1) is 17.3 Å². The number of halogens is 1. The van der Waals surface area contributed by atoms with Crippen LogP contribution in [0.2, 0.25) is 5.02 Å². The molecule has 4 rings (SSSR count). The highest BCUT2D eigenvalue weighted by Crippen LogP contribution is 2.26. The lowest BCUT2D eigenvalue weighted by Gasteiger charge is -2.32. The zero-order valence-corrected chi connectivity index (χ0v) is 17.5. The first-order valence-corrected chi connectivity index (χ1v) is 10.4. The Balaban J connectivity index is 1.39. The van der Waals surface area contributed by atoms with Crippen LogP contribution in [0.25, 0.3) is 10.9 Å². The van der Waals surface area contributed by atoms with Gasteiger partial charge < -0.3 is 10.2 Å². The molecule has 1 aliphatic rings. The number of carbonyl (C=O) groups is 1. The van der Waals surface area contributed by atoms with Crippen LogP contribution in [-0.4, -0.2) is 29.0 Å². The van der Waals surface area contributed by atoms with E-state index in [2.05, 4.69) is 10.2 Å². The molecule has 0 aliphatic carbocycles. The average Bonchev–Trinajstić information content (AvgIpc) is 2.74. The van der Waals surface area contributed by atoms with E-state index >= 15 is 0 Å². The first kappa shape index (κ1) is 19.6. The van der Waals surface area contributed by atoms with Gasteiger partial charge in [0.1, 0.15) is 0 Å². The predicted octanol–water partition coefficient (Wildman–Crippen LogP) is 4.69. The molecule has 1 aliphatic heterocycles. The summed E-state index contributed by atoms with van der Waals surface area (Å²) in [6.07, 6.45) is 1.58. The van der Waals surface area contributed by atoms with E-state index in [0.717, 1.165) is 54.0 Å². The van der Waals surface area contributed by atoms with E-state index in [4.69, 9.17) is 21.6 Å². The number of carbonyl (C=O) groups excluding carboxylic acids is 1. The number of hydrogen-bond donors (Lipinski definition) is 1. The van der Waals surface area contributed by atoms with E-state index in [0.29, 0.717) is 5.02 Å². The van der Waals surface area contributed by atoms with Crippen LogP contribution in [0.1, 0.15) is 37.1 Å². The number of aromatic nitrogens is 2. The van der Waals surface area contributed by atoms with Crippen molar-refractivity contribution in [3.63, 3.8) is 0 Å². The van der Waals surface area contributed by atoms with Gasteiger partial charge in [-0.2, -0.15) is 0 Å². The van der Waals surface area contributed by atoms with Crippen LogP contribution in [-0.2, 0) is 4.79 Å². The van der Waals surface area contributed by atoms with Gasteiger partial charge in [0.15, 0.2) is 0 Å². The molecule has 0 radical (unpaired) electrons. The molecular formula is C23H25ClN4O. The number of para-hydroxylation sites is 1. The maximum Gasteiger partial charge on any atom is 0.226 e. The van der Waals surface area contributed by atoms with Crippen molar-refractivity contribution in [1.82, 2.24) is 15.3 Å². The lowest BCUT2D eigenvalue weighted by molar-refractivity contribution is -0.126. The highest BCUT2D eigenvalue weighted by molar-refractivity contribution is 6.31. The molecule has 1 saturated heterocycles. The summed E-state index contributed by atoms with van der Waals surface area (Å²) in [5.74, 6) is 0.843. The fourth-order valence-electron chi connectivity index (χ4n) is 3.94. The highest BCUT2D eigenvalue weighted by atomic mass is 35.5. The summed E-state index contributed by atoms with van der Waals surface area (Å²) < 4.78 is 0. The van der Waals surface area contributed by atoms with Gasteiger partial charge in [-0.05, 0) is 44.4 Å². The molecular weight excluding hydrogens is 384 g/mol. The molecule has 2 heterocycles. The Hall–Kier alpha value is -2.66. The molecule has 0 saturated carbocycles. The Bertz CT molecular complexity index is 1030. The molecule has 29 heavy (non-hydrogen) atoms. The molecule has 150 valence electrons. The van der Waals surface area contributed by atoms with Crippen LogP contribution in [0.3, 0.4) is 0 Å². The van der Waals surface area contributed by atoms with E-state index in [1.807, 2.05) is 62.4 Å². The second-order valence-corrected chi connectivity index (χ2v) is 8.05. The van der Waals surface area contributed by atoms with Crippen LogP contribution in [0.4, 0.5) is 5.95 Å². The molecule has 1 amide bonds. The Labute approximate surface area is 176 Å². The van der Waals surface area contributed by atoms with Gasteiger partial charge in [-0.25, -0.2) is 9.97 Å². The predicted molar refractivity (Wildman–Crippen MR) is 117 cm³/mol. The number of aryl methyl sites for hydroxylation is 1. The molecule has 6 heteroatoms. The van der Waals surface area contributed by atoms with Crippen molar-refractivity contribution < 1.29 is 4.79 Å². The van der Waals surface area contributed by atoms with Crippen LogP contribution in [0, 0.1) is 12.8 Å². The number of hydrogen-bond acceptors (Lipinski definition) is 4. The fourth-order valence-corrected chi connectivity index (χ4v) is 4.24. The van der Waals surface area contributed by atoms with Gasteiger partial charge in [-0.15, -0.1) is 0 Å². The minimum absolute atomic E-state index is 0.00209.